The van der Waals surface area contributed by atoms with Gasteiger partial charge in [-0.2, -0.15) is 5.26 Å². The lowest BCUT2D eigenvalue weighted by atomic mass is 10.0. The minimum atomic E-state index is -2.56. The Kier molecular flexibility index (Phi) is 3.37. The molecule has 2 nitrogen and oxygen atoms in total. The largest absolute Gasteiger partial charge is 0.370 e. The van der Waals surface area contributed by atoms with Gasteiger partial charge in [0.05, 0.1) is 11.3 Å². The van der Waals surface area contributed by atoms with E-state index in [0.29, 0.717) is 25.1 Å². The summed E-state index contributed by atoms with van der Waals surface area (Å²) in [5, 5.41) is 9.33. The first-order chi connectivity index (χ1) is 9.59. The summed E-state index contributed by atoms with van der Waals surface area (Å²) in [5.74, 6) is -2.56. The molecule has 1 fully saturated rings. The van der Waals surface area contributed by atoms with E-state index < -0.39 is 5.92 Å². The fraction of sp³-hybridized carbons (Fsp3) is 0.562. The van der Waals surface area contributed by atoms with E-state index in [1.54, 1.807) is 0 Å². The van der Waals surface area contributed by atoms with E-state index in [1.165, 1.54) is 11.1 Å². The van der Waals surface area contributed by atoms with Crippen LogP contribution in [0.5, 0.6) is 0 Å². The van der Waals surface area contributed by atoms with Crippen LogP contribution in [0.4, 0.5) is 14.5 Å². The summed E-state index contributed by atoms with van der Waals surface area (Å²) in [6, 6.07) is 6.25. The Balaban J connectivity index is 1.92. The molecule has 0 atom stereocenters. The standard InChI is InChI=1S/C16H18F2N2/c17-16(18)5-2-7-20(8-6-16)15-10-13-4-1-3-12(13)9-14(15)11-19/h9-10H,1-8H2. The number of aryl methyl sites for hydroxylation is 2. The normalized spacial score (nSPS) is 21.1. The van der Waals surface area contributed by atoms with Crippen LogP contribution >= 0.6 is 0 Å². The summed E-state index contributed by atoms with van der Waals surface area (Å²) in [6.45, 7) is 0.948. The van der Waals surface area contributed by atoms with E-state index >= 15 is 0 Å². The van der Waals surface area contributed by atoms with Crippen LogP contribution in [0.15, 0.2) is 12.1 Å². The van der Waals surface area contributed by atoms with Crippen molar-refractivity contribution in [2.45, 2.75) is 44.4 Å². The monoisotopic (exact) mass is 276 g/mol. The fourth-order valence-electron chi connectivity index (χ4n) is 3.27. The summed E-state index contributed by atoms with van der Waals surface area (Å²) >= 11 is 0. The first-order valence-corrected chi connectivity index (χ1v) is 7.28. The van der Waals surface area contributed by atoms with Gasteiger partial charge in [0.1, 0.15) is 6.07 Å². The Bertz CT molecular complexity index is 560. The van der Waals surface area contributed by atoms with E-state index in [-0.39, 0.29) is 12.8 Å². The number of hydrogen-bond donors (Lipinski definition) is 0. The summed E-state index contributed by atoms with van der Waals surface area (Å²) in [7, 11) is 0. The van der Waals surface area contributed by atoms with Crippen LogP contribution < -0.4 is 4.90 Å². The molecule has 0 aromatic heterocycles. The zero-order valence-electron chi connectivity index (χ0n) is 11.5. The number of alkyl halides is 2. The third kappa shape index (κ3) is 2.49. The smallest absolute Gasteiger partial charge is 0.249 e. The SMILES string of the molecule is N#Cc1cc2c(cc1N1CCCC(F)(F)CC1)CCC2. The lowest BCUT2D eigenvalue weighted by molar-refractivity contribution is -0.0102. The quantitative estimate of drug-likeness (QED) is 0.782. The van der Waals surface area contributed by atoms with Gasteiger partial charge < -0.3 is 4.90 Å². The van der Waals surface area contributed by atoms with Crippen molar-refractivity contribution in [2.24, 2.45) is 0 Å². The lowest BCUT2D eigenvalue weighted by Crippen LogP contribution is -2.26. The maximum Gasteiger partial charge on any atom is 0.249 e. The molecule has 1 heterocycles. The molecule has 1 saturated heterocycles. The molecule has 1 aliphatic heterocycles. The zero-order chi connectivity index (χ0) is 14.2. The van der Waals surface area contributed by atoms with Crippen molar-refractivity contribution in [1.29, 1.82) is 5.26 Å². The molecule has 0 unspecified atom stereocenters. The van der Waals surface area contributed by atoms with Crippen molar-refractivity contribution in [2.75, 3.05) is 18.0 Å². The van der Waals surface area contributed by atoms with Crippen molar-refractivity contribution >= 4 is 5.69 Å². The number of hydrogen-bond acceptors (Lipinski definition) is 2. The molecule has 106 valence electrons. The molecule has 0 N–H and O–H groups in total. The molecule has 0 radical (unpaired) electrons. The number of nitrogens with zero attached hydrogens (tertiary/aromatic N) is 2. The van der Waals surface area contributed by atoms with E-state index in [9.17, 15) is 14.0 Å². The number of fused-ring (bicyclic) bond motifs is 1. The van der Waals surface area contributed by atoms with Gasteiger partial charge in [0.2, 0.25) is 5.92 Å². The molecule has 20 heavy (non-hydrogen) atoms. The van der Waals surface area contributed by atoms with Crippen molar-refractivity contribution in [1.82, 2.24) is 0 Å². The second-order valence-electron chi connectivity index (χ2n) is 5.80. The molecule has 1 aromatic rings. The third-order valence-corrected chi connectivity index (χ3v) is 4.39. The molecule has 0 spiro atoms. The Morgan fingerprint density at radius 2 is 1.80 bits per heavy atom. The summed E-state index contributed by atoms with van der Waals surface area (Å²) < 4.78 is 26.9. The minimum Gasteiger partial charge on any atom is -0.370 e. The van der Waals surface area contributed by atoms with Gasteiger partial charge in [-0.1, -0.05) is 0 Å². The van der Waals surface area contributed by atoms with Crippen LogP contribution in [0.2, 0.25) is 0 Å². The maximum atomic E-state index is 13.5. The predicted molar refractivity (Wildman–Crippen MR) is 74.2 cm³/mol. The highest BCUT2D eigenvalue weighted by Gasteiger charge is 2.32. The molecule has 1 aliphatic carbocycles. The van der Waals surface area contributed by atoms with Gasteiger partial charge in [0.25, 0.3) is 0 Å². The van der Waals surface area contributed by atoms with Crippen LogP contribution in [0.25, 0.3) is 0 Å². The molecule has 4 heteroatoms. The van der Waals surface area contributed by atoms with E-state index in [1.807, 2.05) is 11.0 Å². The Morgan fingerprint density at radius 1 is 1.05 bits per heavy atom. The molecule has 0 bridgehead atoms. The van der Waals surface area contributed by atoms with E-state index in [0.717, 1.165) is 24.9 Å². The summed E-state index contributed by atoms with van der Waals surface area (Å²) in [5.41, 5.74) is 4.03. The minimum absolute atomic E-state index is 0.0453. The fourth-order valence-corrected chi connectivity index (χ4v) is 3.27. The van der Waals surface area contributed by atoms with Crippen LogP contribution in [-0.2, 0) is 12.8 Å². The molecule has 1 aromatic carbocycles. The van der Waals surface area contributed by atoms with Crippen molar-refractivity contribution in [3.8, 4) is 6.07 Å². The number of nitriles is 1. The van der Waals surface area contributed by atoms with Gasteiger partial charge in [-0.3, -0.25) is 0 Å². The summed E-state index contributed by atoms with van der Waals surface area (Å²) in [4.78, 5) is 1.97. The van der Waals surface area contributed by atoms with Gasteiger partial charge in [-0.15, -0.1) is 0 Å². The van der Waals surface area contributed by atoms with Crippen LogP contribution in [0.1, 0.15) is 42.4 Å². The van der Waals surface area contributed by atoms with Crippen molar-refractivity contribution < 1.29 is 8.78 Å². The number of halogens is 2. The average Bonchev–Trinajstić information content (AvgIpc) is 2.80. The molecule has 3 rings (SSSR count). The highest BCUT2D eigenvalue weighted by Crippen LogP contribution is 2.34. The molecular formula is C16H18F2N2. The van der Waals surface area contributed by atoms with Crippen molar-refractivity contribution in [3.63, 3.8) is 0 Å². The van der Waals surface area contributed by atoms with Gasteiger partial charge in [0.15, 0.2) is 0 Å². The predicted octanol–water partition coefficient (Wildman–Crippen LogP) is 3.67. The average molecular weight is 276 g/mol. The van der Waals surface area contributed by atoms with Crippen LogP contribution in [-0.4, -0.2) is 19.0 Å². The summed E-state index contributed by atoms with van der Waals surface area (Å²) in [6.07, 6.45) is 3.52. The lowest BCUT2D eigenvalue weighted by Gasteiger charge is -2.24. The number of benzene rings is 1. The molecule has 0 saturated carbocycles. The van der Waals surface area contributed by atoms with Gasteiger partial charge in [-0.25, -0.2) is 8.78 Å². The second kappa shape index (κ2) is 5.05. The molecule has 0 amide bonds. The third-order valence-electron chi connectivity index (χ3n) is 4.39. The van der Waals surface area contributed by atoms with Gasteiger partial charge in [0, 0.05) is 25.9 Å². The first-order valence-electron chi connectivity index (χ1n) is 7.28. The van der Waals surface area contributed by atoms with Crippen LogP contribution in [0, 0.1) is 11.3 Å². The zero-order valence-corrected chi connectivity index (χ0v) is 11.5. The topological polar surface area (TPSA) is 27.0 Å². The van der Waals surface area contributed by atoms with Crippen molar-refractivity contribution in [3.05, 3.63) is 28.8 Å². The number of rotatable bonds is 1. The second-order valence-corrected chi connectivity index (χ2v) is 5.80. The van der Waals surface area contributed by atoms with Crippen LogP contribution in [0.3, 0.4) is 0 Å². The molecular weight excluding hydrogens is 258 g/mol. The Labute approximate surface area is 118 Å². The van der Waals surface area contributed by atoms with E-state index in [4.69, 9.17) is 0 Å². The van der Waals surface area contributed by atoms with Gasteiger partial charge in [-0.05, 0) is 48.9 Å². The highest BCUT2D eigenvalue weighted by atomic mass is 19.3. The highest BCUT2D eigenvalue weighted by molar-refractivity contribution is 5.63. The molecule has 2 aliphatic rings. The Morgan fingerprint density at radius 3 is 2.55 bits per heavy atom. The maximum absolute atomic E-state index is 13.5. The first kappa shape index (κ1) is 13.4. The Hall–Kier alpha value is -1.63. The van der Waals surface area contributed by atoms with Gasteiger partial charge >= 0.3 is 0 Å². The number of anilines is 1. The van der Waals surface area contributed by atoms with E-state index in [2.05, 4.69) is 12.1 Å².